The van der Waals surface area contributed by atoms with Crippen LogP contribution in [0, 0.1) is 6.92 Å². The molecular formula is C15H19NO4. The van der Waals surface area contributed by atoms with E-state index in [0.717, 1.165) is 12.0 Å². The molecule has 5 heteroatoms. The van der Waals surface area contributed by atoms with Crippen LogP contribution in [-0.2, 0) is 9.59 Å². The average molecular weight is 277 g/mol. The number of carbonyl (C=O) groups excluding carboxylic acids is 1. The number of carboxylic acid groups (broad SMARTS) is 1. The van der Waals surface area contributed by atoms with Crippen molar-refractivity contribution in [2.45, 2.75) is 38.8 Å². The van der Waals surface area contributed by atoms with Crippen molar-refractivity contribution in [1.29, 1.82) is 0 Å². The number of hydrogen-bond acceptors (Lipinski definition) is 3. The summed E-state index contributed by atoms with van der Waals surface area (Å²) in [5, 5.41) is 9.10. The number of carbonyl (C=O) groups is 2. The molecule has 0 radical (unpaired) electrons. The fourth-order valence-corrected chi connectivity index (χ4v) is 2.39. The summed E-state index contributed by atoms with van der Waals surface area (Å²) >= 11 is 0. The van der Waals surface area contributed by atoms with Crippen molar-refractivity contribution in [2.24, 2.45) is 0 Å². The van der Waals surface area contributed by atoms with Crippen molar-refractivity contribution in [3.05, 3.63) is 29.8 Å². The summed E-state index contributed by atoms with van der Waals surface area (Å²) in [6.45, 7) is 4.11. The van der Waals surface area contributed by atoms with Crippen molar-refractivity contribution in [3.8, 4) is 5.75 Å². The standard InChI is InChI=1S/C15H19NO4/c1-10-5-7-12(8-6-10)20-11(2)14(17)16-9-3-4-13(16)15(18)19/h5-8,11,13H,3-4,9H2,1-2H3,(H,18,19)/t11-,13-/m0/s1. The molecule has 0 saturated carbocycles. The minimum absolute atomic E-state index is 0.268. The zero-order valence-corrected chi connectivity index (χ0v) is 11.7. The van der Waals surface area contributed by atoms with E-state index in [1.807, 2.05) is 19.1 Å². The lowest BCUT2D eigenvalue weighted by atomic mass is 10.2. The number of carboxylic acids is 1. The molecule has 0 unspecified atom stereocenters. The molecule has 1 amide bonds. The Morgan fingerprint density at radius 1 is 1.35 bits per heavy atom. The Balaban J connectivity index is 2.01. The molecule has 2 rings (SSSR count). The van der Waals surface area contributed by atoms with Crippen molar-refractivity contribution in [3.63, 3.8) is 0 Å². The molecule has 0 spiro atoms. The van der Waals surface area contributed by atoms with Gasteiger partial charge in [0.25, 0.3) is 5.91 Å². The first-order valence-corrected chi connectivity index (χ1v) is 6.75. The minimum Gasteiger partial charge on any atom is -0.481 e. The predicted octanol–water partition coefficient (Wildman–Crippen LogP) is 1.84. The monoisotopic (exact) mass is 277 g/mol. The van der Waals surface area contributed by atoms with Crippen LogP contribution in [0.3, 0.4) is 0 Å². The highest BCUT2D eigenvalue weighted by Gasteiger charge is 2.36. The summed E-state index contributed by atoms with van der Waals surface area (Å²) in [7, 11) is 0. The quantitative estimate of drug-likeness (QED) is 0.912. The molecule has 1 aromatic carbocycles. The lowest BCUT2D eigenvalue weighted by Gasteiger charge is -2.25. The number of likely N-dealkylation sites (tertiary alicyclic amines) is 1. The van der Waals surface area contributed by atoms with Crippen LogP contribution in [0.2, 0.25) is 0 Å². The SMILES string of the molecule is Cc1ccc(O[C@@H](C)C(=O)N2CCC[C@H]2C(=O)O)cc1. The largest absolute Gasteiger partial charge is 0.481 e. The van der Waals surface area contributed by atoms with Gasteiger partial charge in [-0.15, -0.1) is 0 Å². The molecule has 1 heterocycles. The van der Waals surface area contributed by atoms with Crippen molar-refractivity contribution >= 4 is 11.9 Å². The number of rotatable bonds is 4. The summed E-state index contributed by atoms with van der Waals surface area (Å²) in [5.74, 6) is -0.601. The lowest BCUT2D eigenvalue weighted by molar-refractivity contribution is -0.150. The maximum absolute atomic E-state index is 12.3. The van der Waals surface area contributed by atoms with Crippen molar-refractivity contribution < 1.29 is 19.4 Å². The van der Waals surface area contributed by atoms with Crippen LogP contribution in [-0.4, -0.2) is 40.6 Å². The van der Waals surface area contributed by atoms with E-state index in [4.69, 9.17) is 9.84 Å². The third kappa shape index (κ3) is 3.10. The smallest absolute Gasteiger partial charge is 0.326 e. The fourth-order valence-electron chi connectivity index (χ4n) is 2.39. The lowest BCUT2D eigenvalue weighted by Crippen LogP contribution is -2.46. The number of amides is 1. The van der Waals surface area contributed by atoms with Gasteiger partial charge < -0.3 is 14.7 Å². The van der Waals surface area contributed by atoms with Gasteiger partial charge in [0.2, 0.25) is 0 Å². The second kappa shape index (κ2) is 5.94. The van der Waals surface area contributed by atoms with Gasteiger partial charge in [0.1, 0.15) is 11.8 Å². The average Bonchev–Trinajstić information content (AvgIpc) is 2.90. The van der Waals surface area contributed by atoms with Gasteiger partial charge in [-0.2, -0.15) is 0 Å². The first-order chi connectivity index (χ1) is 9.49. The van der Waals surface area contributed by atoms with Crippen molar-refractivity contribution in [1.82, 2.24) is 4.90 Å². The van der Waals surface area contributed by atoms with Gasteiger partial charge in [-0.25, -0.2) is 4.79 Å². The van der Waals surface area contributed by atoms with Crippen LogP contribution in [0.1, 0.15) is 25.3 Å². The highest BCUT2D eigenvalue weighted by atomic mass is 16.5. The van der Waals surface area contributed by atoms with Gasteiger partial charge in [-0.3, -0.25) is 4.79 Å². The Bertz CT molecular complexity index is 497. The molecule has 0 bridgehead atoms. The second-order valence-corrected chi connectivity index (χ2v) is 5.10. The minimum atomic E-state index is -0.946. The van der Waals surface area contributed by atoms with Crippen LogP contribution < -0.4 is 4.74 Å². The molecule has 108 valence electrons. The van der Waals surface area contributed by atoms with Gasteiger partial charge in [-0.05, 0) is 38.8 Å². The van der Waals surface area contributed by atoms with Gasteiger partial charge >= 0.3 is 5.97 Å². The number of nitrogens with zero attached hydrogens (tertiary/aromatic N) is 1. The maximum Gasteiger partial charge on any atom is 0.326 e. The van der Waals surface area contributed by atoms with E-state index in [1.54, 1.807) is 19.1 Å². The molecule has 1 aromatic rings. The molecule has 2 atom stereocenters. The van der Waals surface area contributed by atoms with Gasteiger partial charge in [0.05, 0.1) is 0 Å². The number of hydrogen-bond donors (Lipinski definition) is 1. The number of ether oxygens (including phenoxy) is 1. The summed E-state index contributed by atoms with van der Waals surface area (Å²) in [4.78, 5) is 24.8. The van der Waals surface area contributed by atoms with E-state index in [1.165, 1.54) is 4.90 Å². The van der Waals surface area contributed by atoms with E-state index < -0.39 is 18.1 Å². The maximum atomic E-state index is 12.3. The molecule has 1 N–H and O–H groups in total. The molecule has 1 fully saturated rings. The molecule has 1 aliphatic heterocycles. The summed E-state index contributed by atoms with van der Waals surface area (Å²) in [6.07, 6.45) is 0.552. The van der Waals surface area contributed by atoms with E-state index >= 15 is 0 Å². The molecular weight excluding hydrogens is 258 g/mol. The Kier molecular flexibility index (Phi) is 4.27. The zero-order chi connectivity index (χ0) is 14.7. The summed E-state index contributed by atoms with van der Waals surface area (Å²) < 4.78 is 5.59. The van der Waals surface area contributed by atoms with Crippen LogP contribution >= 0.6 is 0 Å². The van der Waals surface area contributed by atoms with Crippen LogP contribution in [0.25, 0.3) is 0 Å². The van der Waals surface area contributed by atoms with E-state index in [-0.39, 0.29) is 5.91 Å². The molecule has 1 aliphatic rings. The van der Waals surface area contributed by atoms with Gasteiger partial charge in [0, 0.05) is 6.54 Å². The highest BCUT2D eigenvalue weighted by molar-refractivity contribution is 5.87. The molecule has 0 aliphatic carbocycles. The highest BCUT2D eigenvalue weighted by Crippen LogP contribution is 2.20. The topological polar surface area (TPSA) is 66.8 Å². The Morgan fingerprint density at radius 2 is 2.00 bits per heavy atom. The molecule has 20 heavy (non-hydrogen) atoms. The molecule has 1 saturated heterocycles. The zero-order valence-electron chi connectivity index (χ0n) is 11.7. The van der Waals surface area contributed by atoms with E-state index in [2.05, 4.69) is 0 Å². The van der Waals surface area contributed by atoms with Crippen LogP contribution in [0.4, 0.5) is 0 Å². The predicted molar refractivity (Wildman–Crippen MR) is 73.6 cm³/mol. The molecule has 0 aromatic heterocycles. The van der Waals surface area contributed by atoms with Gasteiger partial charge in [0.15, 0.2) is 6.10 Å². The summed E-state index contributed by atoms with van der Waals surface area (Å²) in [6, 6.07) is 6.70. The van der Waals surface area contributed by atoms with Gasteiger partial charge in [-0.1, -0.05) is 17.7 Å². The van der Waals surface area contributed by atoms with Crippen LogP contribution in [0.15, 0.2) is 24.3 Å². The normalized spacial score (nSPS) is 19.7. The Morgan fingerprint density at radius 3 is 2.60 bits per heavy atom. The molecule has 5 nitrogen and oxygen atoms in total. The summed E-state index contributed by atoms with van der Waals surface area (Å²) in [5.41, 5.74) is 1.11. The van der Waals surface area contributed by atoms with Crippen molar-refractivity contribution in [2.75, 3.05) is 6.54 Å². The van der Waals surface area contributed by atoms with Crippen LogP contribution in [0.5, 0.6) is 5.75 Å². The number of aryl methyl sites for hydroxylation is 1. The third-order valence-electron chi connectivity index (χ3n) is 3.50. The Hall–Kier alpha value is -2.04. The Labute approximate surface area is 118 Å². The first kappa shape index (κ1) is 14.4. The number of aliphatic carboxylic acids is 1. The van der Waals surface area contributed by atoms with E-state index in [0.29, 0.717) is 18.7 Å². The fraction of sp³-hybridized carbons (Fsp3) is 0.467. The third-order valence-corrected chi connectivity index (χ3v) is 3.50. The van der Waals surface area contributed by atoms with E-state index in [9.17, 15) is 9.59 Å². The second-order valence-electron chi connectivity index (χ2n) is 5.10. The first-order valence-electron chi connectivity index (χ1n) is 6.75. The number of benzene rings is 1.